The van der Waals surface area contributed by atoms with Crippen molar-refractivity contribution >= 4 is 12.4 Å². The fourth-order valence-electron chi connectivity index (χ4n) is 2.32. The molecule has 0 saturated heterocycles. The van der Waals surface area contributed by atoms with Crippen molar-refractivity contribution in [3.05, 3.63) is 24.3 Å². The first kappa shape index (κ1) is 21.1. The predicted molar refractivity (Wildman–Crippen MR) is 96.5 cm³/mol. The third-order valence-electron chi connectivity index (χ3n) is 3.35. The number of ether oxygens (including phenoxy) is 2. The fraction of sp³-hybridized carbons (Fsp3) is 0.667. The highest BCUT2D eigenvalue weighted by Gasteiger charge is 2.13. The minimum atomic E-state index is 0. The lowest BCUT2D eigenvalue weighted by Gasteiger charge is -2.30. The maximum absolute atomic E-state index is 5.93. The van der Waals surface area contributed by atoms with Crippen LogP contribution in [0.3, 0.4) is 0 Å². The Morgan fingerprint density at radius 2 is 1.36 bits per heavy atom. The molecule has 3 nitrogen and oxygen atoms in total. The van der Waals surface area contributed by atoms with E-state index in [2.05, 4.69) is 46.4 Å². The van der Waals surface area contributed by atoms with Crippen LogP contribution in [0.4, 0.5) is 0 Å². The SMILES string of the molecule is CC(C)COc1ccccc1OCCN(C(C)C)C(C)C.Cl. The number of hydrogen-bond donors (Lipinski definition) is 0. The van der Waals surface area contributed by atoms with Crippen molar-refractivity contribution in [1.29, 1.82) is 0 Å². The molecule has 0 aliphatic heterocycles. The lowest BCUT2D eigenvalue weighted by Crippen LogP contribution is -2.39. The third kappa shape index (κ3) is 7.37. The monoisotopic (exact) mass is 329 g/mol. The van der Waals surface area contributed by atoms with Crippen LogP contribution in [0.1, 0.15) is 41.5 Å². The summed E-state index contributed by atoms with van der Waals surface area (Å²) >= 11 is 0. The third-order valence-corrected chi connectivity index (χ3v) is 3.35. The quantitative estimate of drug-likeness (QED) is 0.658. The normalized spacial score (nSPS) is 11.2. The maximum atomic E-state index is 5.93. The summed E-state index contributed by atoms with van der Waals surface area (Å²) in [6, 6.07) is 8.98. The van der Waals surface area contributed by atoms with E-state index < -0.39 is 0 Å². The molecule has 0 bridgehead atoms. The summed E-state index contributed by atoms with van der Waals surface area (Å²) in [5.74, 6) is 2.19. The molecule has 0 aliphatic rings. The summed E-state index contributed by atoms with van der Waals surface area (Å²) in [7, 11) is 0. The highest BCUT2D eigenvalue weighted by Crippen LogP contribution is 2.26. The zero-order chi connectivity index (χ0) is 15.8. The second kappa shape index (κ2) is 10.7. The molecule has 0 fully saturated rings. The molecule has 0 radical (unpaired) electrons. The van der Waals surface area contributed by atoms with Crippen LogP contribution >= 0.6 is 12.4 Å². The molecule has 0 N–H and O–H groups in total. The molecule has 1 rings (SSSR count). The van der Waals surface area contributed by atoms with Crippen molar-refractivity contribution in [3.63, 3.8) is 0 Å². The summed E-state index contributed by atoms with van der Waals surface area (Å²) in [6.45, 7) is 15.5. The molecular formula is C18H32ClNO2. The van der Waals surface area contributed by atoms with E-state index in [1.165, 1.54) is 0 Å². The molecule has 1 aromatic carbocycles. The van der Waals surface area contributed by atoms with Crippen molar-refractivity contribution in [2.75, 3.05) is 19.8 Å². The van der Waals surface area contributed by atoms with Crippen LogP contribution in [0.2, 0.25) is 0 Å². The van der Waals surface area contributed by atoms with Crippen LogP contribution < -0.4 is 9.47 Å². The van der Waals surface area contributed by atoms with E-state index in [0.717, 1.165) is 18.0 Å². The topological polar surface area (TPSA) is 21.7 Å². The van der Waals surface area contributed by atoms with Crippen LogP contribution in [0, 0.1) is 5.92 Å². The summed E-state index contributed by atoms with van der Waals surface area (Å²) in [5.41, 5.74) is 0. The van der Waals surface area contributed by atoms with Crippen molar-refractivity contribution < 1.29 is 9.47 Å². The Morgan fingerprint density at radius 1 is 0.864 bits per heavy atom. The molecule has 0 heterocycles. The zero-order valence-electron chi connectivity index (χ0n) is 14.8. The Hall–Kier alpha value is -0.930. The molecular weight excluding hydrogens is 298 g/mol. The summed E-state index contributed by atoms with van der Waals surface area (Å²) < 4.78 is 11.7. The van der Waals surface area contributed by atoms with E-state index >= 15 is 0 Å². The molecule has 0 aliphatic carbocycles. The first-order valence-corrected chi connectivity index (χ1v) is 8.02. The van der Waals surface area contributed by atoms with Crippen molar-refractivity contribution in [1.82, 2.24) is 4.90 Å². The summed E-state index contributed by atoms with van der Waals surface area (Å²) in [4.78, 5) is 2.43. The number of hydrogen-bond acceptors (Lipinski definition) is 3. The van der Waals surface area contributed by atoms with E-state index in [4.69, 9.17) is 9.47 Å². The van der Waals surface area contributed by atoms with Gasteiger partial charge in [0.15, 0.2) is 11.5 Å². The van der Waals surface area contributed by atoms with Gasteiger partial charge in [0.25, 0.3) is 0 Å². The average Bonchev–Trinajstić information content (AvgIpc) is 2.41. The number of para-hydroxylation sites is 2. The molecule has 128 valence electrons. The van der Waals surface area contributed by atoms with E-state index in [9.17, 15) is 0 Å². The standard InChI is InChI=1S/C18H31NO2.ClH/c1-14(2)13-21-18-10-8-7-9-17(18)20-12-11-19(15(3)4)16(5)6;/h7-10,14-16H,11-13H2,1-6H3;1H. The van der Waals surface area contributed by atoms with Gasteiger partial charge in [0.2, 0.25) is 0 Å². The Balaban J connectivity index is 0.00000441. The van der Waals surface area contributed by atoms with E-state index in [1.807, 2.05) is 24.3 Å². The van der Waals surface area contributed by atoms with Gasteiger partial charge in [-0.25, -0.2) is 0 Å². The molecule has 0 saturated carbocycles. The molecule has 22 heavy (non-hydrogen) atoms. The predicted octanol–water partition coefficient (Wildman–Crippen LogP) is 4.64. The average molecular weight is 330 g/mol. The molecule has 0 aromatic heterocycles. The first-order valence-electron chi connectivity index (χ1n) is 8.02. The Bertz CT molecular complexity index is 400. The van der Waals surface area contributed by atoms with Gasteiger partial charge in [0.05, 0.1) is 6.61 Å². The summed E-state index contributed by atoms with van der Waals surface area (Å²) in [5, 5.41) is 0. The second-order valence-electron chi connectivity index (χ2n) is 6.43. The van der Waals surface area contributed by atoms with Crippen LogP contribution in [-0.4, -0.2) is 36.7 Å². The number of rotatable bonds is 9. The maximum Gasteiger partial charge on any atom is 0.161 e. The van der Waals surface area contributed by atoms with Gasteiger partial charge in [-0.2, -0.15) is 0 Å². The van der Waals surface area contributed by atoms with Gasteiger partial charge >= 0.3 is 0 Å². The van der Waals surface area contributed by atoms with Gasteiger partial charge < -0.3 is 9.47 Å². The molecule has 0 atom stereocenters. The minimum absolute atomic E-state index is 0. The largest absolute Gasteiger partial charge is 0.489 e. The zero-order valence-corrected chi connectivity index (χ0v) is 15.7. The number of benzene rings is 1. The van der Waals surface area contributed by atoms with E-state index in [0.29, 0.717) is 31.2 Å². The van der Waals surface area contributed by atoms with Crippen molar-refractivity contribution in [3.8, 4) is 11.5 Å². The van der Waals surface area contributed by atoms with Crippen LogP contribution in [-0.2, 0) is 0 Å². The molecule has 0 amide bonds. The van der Waals surface area contributed by atoms with E-state index in [-0.39, 0.29) is 12.4 Å². The molecule has 1 aromatic rings. The van der Waals surface area contributed by atoms with Crippen molar-refractivity contribution in [2.45, 2.75) is 53.6 Å². The van der Waals surface area contributed by atoms with Gasteiger partial charge in [-0.3, -0.25) is 4.90 Å². The van der Waals surface area contributed by atoms with Crippen LogP contribution in [0.25, 0.3) is 0 Å². The Morgan fingerprint density at radius 3 is 1.82 bits per heavy atom. The van der Waals surface area contributed by atoms with Gasteiger partial charge in [-0.05, 0) is 45.7 Å². The second-order valence-corrected chi connectivity index (χ2v) is 6.43. The molecule has 0 unspecified atom stereocenters. The molecule has 0 spiro atoms. The van der Waals surface area contributed by atoms with Gasteiger partial charge in [-0.1, -0.05) is 26.0 Å². The van der Waals surface area contributed by atoms with Crippen molar-refractivity contribution in [2.24, 2.45) is 5.92 Å². The summed E-state index contributed by atoms with van der Waals surface area (Å²) in [6.07, 6.45) is 0. The Labute approximate surface area is 142 Å². The Kier molecular flexibility index (Phi) is 10.3. The highest BCUT2D eigenvalue weighted by atomic mass is 35.5. The van der Waals surface area contributed by atoms with Crippen LogP contribution in [0.5, 0.6) is 11.5 Å². The number of nitrogens with zero attached hydrogens (tertiary/aromatic N) is 1. The van der Waals surface area contributed by atoms with Crippen LogP contribution in [0.15, 0.2) is 24.3 Å². The first-order chi connectivity index (χ1) is 9.91. The van der Waals surface area contributed by atoms with E-state index in [1.54, 1.807) is 0 Å². The van der Waals surface area contributed by atoms with Gasteiger partial charge in [-0.15, -0.1) is 12.4 Å². The smallest absolute Gasteiger partial charge is 0.161 e. The lowest BCUT2D eigenvalue weighted by molar-refractivity contribution is 0.139. The lowest BCUT2D eigenvalue weighted by atomic mass is 10.2. The minimum Gasteiger partial charge on any atom is -0.489 e. The molecule has 4 heteroatoms. The fourth-order valence-corrected chi connectivity index (χ4v) is 2.32. The van der Waals surface area contributed by atoms with Gasteiger partial charge in [0, 0.05) is 18.6 Å². The number of halogens is 1. The van der Waals surface area contributed by atoms with Gasteiger partial charge in [0.1, 0.15) is 6.61 Å². The highest BCUT2D eigenvalue weighted by molar-refractivity contribution is 5.85.